The van der Waals surface area contributed by atoms with Crippen LogP contribution in [0.25, 0.3) is 0 Å². The lowest BCUT2D eigenvalue weighted by Gasteiger charge is -2.56. The van der Waals surface area contributed by atoms with Gasteiger partial charge in [0.2, 0.25) is 6.85 Å². The van der Waals surface area contributed by atoms with Gasteiger partial charge in [-0.25, -0.2) is 0 Å². The fraction of sp³-hybridized carbons (Fsp3) is 1.00. The molecular weight excluding hydrogens is 617 g/mol. The van der Waals surface area contributed by atoms with Crippen molar-refractivity contribution in [2.45, 2.75) is 209 Å². The van der Waals surface area contributed by atoms with Crippen LogP contribution in [0, 0.1) is 59.2 Å². The Labute approximate surface area is 317 Å². The van der Waals surface area contributed by atoms with E-state index in [2.05, 4.69) is 42.8 Å². The second-order valence-electron chi connectivity index (χ2n) is 21.8. The molecule has 8 saturated carbocycles. The average molecular weight is 700 g/mol. The predicted molar refractivity (Wildman–Crippen MR) is 217 cm³/mol. The molecule has 0 bridgehead atoms. The van der Waals surface area contributed by atoms with Crippen molar-refractivity contribution in [2.75, 3.05) is 28.2 Å². The molecule has 9 fully saturated rings. The summed E-state index contributed by atoms with van der Waals surface area (Å²) in [5.41, 5.74) is 0. The standard InChI is InChI=1S/C47H82BN3/c1-49(2)36-21-25-38(26-22-36)51(39-27-23-37(24-28-39)50(3)4)48-46-34(30-44-40(17-11-19-42(44)46)32-13-7-5-8-14-32)29-35-31-45-41(33-15-9-6-10-16-33)18-12-20-43(45)47(35)48/h32-47H,5-31H2,1-4H3/t34-,35-,36?,37?,38?,39?,40?,41?,42?,43?,44?,45?,46?,47?/m1/s1. The van der Waals surface area contributed by atoms with Crippen molar-refractivity contribution in [2.24, 2.45) is 59.2 Å². The zero-order valence-corrected chi connectivity index (χ0v) is 34.2. The summed E-state index contributed by atoms with van der Waals surface area (Å²) in [4.78, 5) is 8.71. The summed E-state index contributed by atoms with van der Waals surface area (Å²) in [5, 5.41) is 0. The lowest BCUT2D eigenvalue weighted by molar-refractivity contribution is 0.0828. The number of hydrogen-bond acceptors (Lipinski definition) is 3. The molecule has 8 unspecified atom stereocenters. The quantitative estimate of drug-likeness (QED) is 0.245. The molecule has 0 aromatic heterocycles. The van der Waals surface area contributed by atoms with E-state index in [1.54, 1.807) is 109 Å². The van der Waals surface area contributed by atoms with Gasteiger partial charge in [0.05, 0.1) is 0 Å². The van der Waals surface area contributed by atoms with Crippen LogP contribution in [0.3, 0.4) is 0 Å². The molecule has 0 amide bonds. The maximum Gasteiger partial charge on any atom is 0.231 e. The molecule has 0 radical (unpaired) electrons. The van der Waals surface area contributed by atoms with Gasteiger partial charge >= 0.3 is 0 Å². The van der Waals surface area contributed by atoms with E-state index < -0.39 is 0 Å². The topological polar surface area (TPSA) is 9.72 Å². The molecule has 8 aliphatic carbocycles. The van der Waals surface area contributed by atoms with Gasteiger partial charge in [-0.15, -0.1) is 0 Å². The van der Waals surface area contributed by atoms with Crippen molar-refractivity contribution in [1.82, 2.24) is 14.6 Å². The third-order valence-corrected chi connectivity index (χ3v) is 19.5. The van der Waals surface area contributed by atoms with Crippen LogP contribution in [0.1, 0.15) is 173 Å². The maximum absolute atomic E-state index is 3.55. The van der Waals surface area contributed by atoms with E-state index in [1.807, 2.05) is 0 Å². The molecule has 10 atom stereocenters. The van der Waals surface area contributed by atoms with Crippen molar-refractivity contribution in [3.63, 3.8) is 0 Å². The maximum atomic E-state index is 3.55. The Kier molecular flexibility index (Phi) is 11.4. The largest absolute Gasteiger partial charge is 0.336 e. The van der Waals surface area contributed by atoms with Crippen LogP contribution in [-0.4, -0.2) is 73.8 Å². The molecule has 1 aliphatic heterocycles. The first-order valence-corrected chi connectivity index (χ1v) is 24.1. The summed E-state index contributed by atoms with van der Waals surface area (Å²) < 4.78 is 0. The molecule has 0 aromatic rings. The second kappa shape index (κ2) is 15.8. The van der Waals surface area contributed by atoms with E-state index in [0.717, 1.165) is 102 Å². The third-order valence-electron chi connectivity index (χ3n) is 19.5. The highest BCUT2D eigenvalue weighted by Gasteiger charge is 2.65. The zero-order valence-electron chi connectivity index (χ0n) is 34.2. The van der Waals surface area contributed by atoms with E-state index in [9.17, 15) is 0 Å². The summed E-state index contributed by atoms with van der Waals surface area (Å²) in [6.45, 7) is 0.927. The fourth-order valence-electron chi connectivity index (χ4n) is 17.5. The van der Waals surface area contributed by atoms with Crippen molar-refractivity contribution in [3.8, 4) is 0 Å². The second-order valence-corrected chi connectivity index (χ2v) is 21.8. The van der Waals surface area contributed by atoms with Crippen LogP contribution in [0.15, 0.2) is 0 Å². The first-order chi connectivity index (χ1) is 25.0. The van der Waals surface area contributed by atoms with Gasteiger partial charge in [-0.3, -0.25) is 0 Å². The van der Waals surface area contributed by atoms with Gasteiger partial charge in [0, 0.05) is 12.1 Å². The van der Waals surface area contributed by atoms with Gasteiger partial charge in [-0.2, -0.15) is 0 Å². The van der Waals surface area contributed by atoms with Crippen molar-refractivity contribution < 1.29 is 0 Å². The minimum Gasteiger partial charge on any atom is -0.336 e. The number of fused-ring (bicyclic) bond motifs is 6. The normalized spacial score (nSPS) is 47.0. The van der Waals surface area contributed by atoms with E-state index in [4.69, 9.17) is 0 Å². The Bertz CT molecular complexity index is 1030. The molecule has 0 N–H and O–H groups in total. The Balaban J connectivity index is 1.08. The highest BCUT2D eigenvalue weighted by Crippen LogP contribution is 2.70. The Morgan fingerprint density at radius 2 is 0.686 bits per heavy atom. The highest BCUT2D eigenvalue weighted by molar-refractivity contribution is 6.60. The van der Waals surface area contributed by atoms with Crippen LogP contribution in [0.4, 0.5) is 0 Å². The van der Waals surface area contributed by atoms with E-state index in [1.165, 1.54) is 64.2 Å². The summed E-state index contributed by atoms with van der Waals surface area (Å²) in [7, 11) is 9.49. The fourth-order valence-corrected chi connectivity index (χ4v) is 17.5. The van der Waals surface area contributed by atoms with Crippen LogP contribution in [0.2, 0.25) is 11.6 Å². The summed E-state index contributed by atoms with van der Waals surface area (Å²) in [6.07, 6.45) is 41.8. The summed E-state index contributed by atoms with van der Waals surface area (Å²) in [5.74, 6) is 12.9. The summed E-state index contributed by atoms with van der Waals surface area (Å²) in [6, 6.07) is 3.35. The third kappa shape index (κ3) is 7.01. The minimum absolute atomic E-state index is 0.815. The average Bonchev–Trinajstić information content (AvgIpc) is 3.74. The van der Waals surface area contributed by atoms with Crippen LogP contribution >= 0.6 is 0 Å². The van der Waals surface area contributed by atoms with Gasteiger partial charge in [0.25, 0.3) is 0 Å². The minimum atomic E-state index is 0.815. The van der Waals surface area contributed by atoms with E-state index >= 15 is 0 Å². The van der Waals surface area contributed by atoms with Crippen LogP contribution in [0.5, 0.6) is 0 Å². The zero-order chi connectivity index (χ0) is 34.6. The number of rotatable bonds is 7. The first-order valence-electron chi connectivity index (χ1n) is 24.1. The predicted octanol–water partition coefficient (Wildman–Crippen LogP) is 11.4. The highest BCUT2D eigenvalue weighted by atomic mass is 15.2. The molecule has 9 rings (SSSR count). The molecule has 0 aromatic carbocycles. The molecule has 1 saturated heterocycles. The molecule has 51 heavy (non-hydrogen) atoms. The lowest BCUT2D eigenvalue weighted by Crippen LogP contribution is -2.62. The smallest absolute Gasteiger partial charge is 0.231 e. The van der Waals surface area contributed by atoms with E-state index in [-0.39, 0.29) is 0 Å². The molecule has 9 aliphatic rings. The van der Waals surface area contributed by atoms with Gasteiger partial charge < -0.3 is 14.6 Å². The first kappa shape index (κ1) is 36.6. The summed E-state index contributed by atoms with van der Waals surface area (Å²) >= 11 is 0. The number of hydrogen-bond donors (Lipinski definition) is 0. The number of nitrogens with zero attached hydrogens (tertiary/aromatic N) is 3. The lowest BCUT2D eigenvalue weighted by atomic mass is 9.30. The molecule has 1 heterocycles. The molecule has 3 nitrogen and oxygen atoms in total. The molecular formula is C47H82BN3. The van der Waals surface area contributed by atoms with Crippen molar-refractivity contribution in [1.29, 1.82) is 0 Å². The van der Waals surface area contributed by atoms with Gasteiger partial charge in [0.15, 0.2) is 0 Å². The van der Waals surface area contributed by atoms with Crippen LogP contribution in [-0.2, 0) is 0 Å². The Morgan fingerprint density at radius 3 is 1.08 bits per heavy atom. The monoisotopic (exact) mass is 700 g/mol. The van der Waals surface area contributed by atoms with Gasteiger partial charge in [-0.05, 0) is 195 Å². The van der Waals surface area contributed by atoms with Gasteiger partial charge in [-0.1, -0.05) is 89.9 Å². The van der Waals surface area contributed by atoms with Crippen molar-refractivity contribution in [3.05, 3.63) is 0 Å². The molecule has 4 heteroatoms. The van der Waals surface area contributed by atoms with Crippen molar-refractivity contribution >= 4 is 6.85 Å². The molecule has 288 valence electrons. The Morgan fingerprint density at radius 1 is 0.314 bits per heavy atom. The van der Waals surface area contributed by atoms with Gasteiger partial charge in [0.1, 0.15) is 0 Å². The Hall–Kier alpha value is -0.0551. The molecule has 0 spiro atoms. The van der Waals surface area contributed by atoms with Crippen LogP contribution < -0.4 is 0 Å². The SMILES string of the molecule is CN(C)C1CCC(N(B2C3C4CCCC(C5CCCCC5)C4C[C@H]3C[C@@H]3CC4C(C5CCCCC5)CCCC4C23)C2CCC(N(C)C)CC2)CC1. The van der Waals surface area contributed by atoms with E-state index in [0.29, 0.717) is 0 Å².